The zero-order valence-corrected chi connectivity index (χ0v) is 15.6. The predicted octanol–water partition coefficient (Wildman–Crippen LogP) is 4.23. The average molecular weight is 380 g/mol. The summed E-state index contributed by atoms with van der Waals surface area (Å²) in [6.45, 7) is 3.11. The van der Waals surface area contributed by atoms with Crippen LogP contribution in [0.25, 0.3) is 11.4 Å². The Labute approximate surface area is 162 Å². The zero-order chi connectivity index (χ0) is 19.5. The lowest BCUT2D eigenvalue weighted by Gasteiger charge is -2.22. The molecule has 0 spiro atoms. The highest BCUT2D eigenvalue weighted by molar-refractivity contribution is 5.75. The molecular weight excluding hydrogens is 359 g/mol. The Morgan fingerprint density at radius 2 is 2.11 bits per heavy atom. The van der Waals surface area contributed by atoms with Crippen LogP contribution < -0.4 is 5.32 Å². The number of likely N-dealkylation sites (tertiary alicyclic amines) is 1. The first-order valence-electron chi connectivity index (χ1n) is 9.30. The van der Waals surface area contributed by atoms with E-state index in [9.17, 15) is 9.18 Å². The second-order valence-corrected chi connectivity index (χ2v) is 6.96. The van der Waals surface area contributed by atoms with Crippen molar-refractivity contribution in [2.75, 3.05) is 6.54 Å². The molecule has 2 amide bonds. The van der Waals surface area contributed by atoms with E-state index in [2.05, 4.69) is 15.5 Å². The third-order valence-corrected chi connectivity index (χ3v) is 4.89. The fraction of sp³-hybridized carbons (Fsp3) is 0.286. The van der Waals surface area contributed by atoms with Gasteiger partial charge in [0.25, 0.3) is 0 Å². The monoisotopic (exact) mass is 380 g/mol. The maximum Gasteiger partial charge on any atom is 0.318 e. The highest BCUT2D eigenvalue weighted by Crippen LogP contribution is 2.32. The Hall–Kier alpha value is -3.22. The molecule has 6 nitrogen and oxygen atoms in total. The van der Waals surface area contributed by atoms with Crippen molar-refractivity contribution < 1.29 is 13.7 Å². The normalized spacial score (nSPS) is 16.4. The molecular formula is C21H21FN4O2. The Bertz CT molecular complexity index is 971. The van der Waals surface area contributed by atoms with Crippen molar-refractivity contribution in [1.82, 2.24) is 20.4 Å². The van der Waals surface area contributed by atoms with Gasteiger partial charge in [0.1, 0.15) is 11.9 Å². The van der Waals surface area contributed by atoms with Gasteiger partial charge >= 0.3 is 6.03 Å². The van der Waals surface area contributed by atoms with Crippen LogP contribution in [0.15, 0.2) is 53.1 Å². The molecule has 28 heavy (non-hydrogen) atoms. The molecule has 1 aromatic heterocycles. The predicted molar refractivity (Wildman–Crippen MR) is 102 cm³/mol. The van der Waals surface area contributed by atoms with Gasteiger partial charge in [-0.05, 0) is 37.5 Å². The van der Waals surface area contributed by atoms with Crippen molar-refractivity contribution in [1.29, 1.82) is 0 Å². The minimum absolute atomic E-state index is 0.159. The summed E-state index contributed by atoms with van der Waals surface area (Å²) in [6, 6.07) is 13.7. The van der Waals surface area contributed by atoms with E-state index in [1.807, 2.05) is 31.2 Å². The van der Waals surface area contributed by atoms with Crippen LogP contribution >= 0.6 is 0 Å². The van der Waals surface area contributed by atoms with Gasteiger partial charge in [0.2, 0.25) is 11.7 Å². The fourth-order valence-corrected chi connectivity index (χ4v) is 3.37. The summed E-state index contributed by atoms with van der Waals surface area (Å²) < 4.78 is 18.8. The SMILES string of the molecule is Cc1ccc(CNC(=O)N2CCC[C@H]2c2nc(-c3cccc(F)c3)no2)cc1. The lowest BCUT2D eigenvalue weighted by atomic mass is 10.1. The van der Waals surface area contributed by atoms with E-state index in [0.29, 0.717) is 30.4 Å². The van der Waals surface area contributed by atoms with Gasteiger partial charge in [-0.2, -0.15) is 4.98 Å². The molecule has 1 fully saturated rings. The molecule has 2 aromatic carbocycles. The van der Waals surface area contributed by atoms with Gasteiger partial charge in [0.15, 0.2) is 0 Å². The van der Waals surface area contributed by atoms with E-state index < -0.39 is 0 Å². The van der Waals surface area contributed by atoms with E-state index in [1.165, 1.54) is 17.7 Å². The molecule has 144 valence electrons. The Morgan fingerprint density at radius 3 is 2.89 bits per heavy atom. The number of carbonyl (C=O) groups excluding carboxylic acids is 1. The number of rotatable bonds is 4. The Kier molecular flexibility index (Phi) is 5.06. The molecule has 4 rings (SSSR count). The summed E-state index contributed by atoms with van der Waals surface area (Å²) in [4.78, 5) is 18.8. The van der Waals surface area contributed by atoms with Crippen LogP contribution in [-0.2, 0) is 6.54 Å². The second kappa shape index (κ2) is 7.80. The van der Waals surface area contributed by atoms with Gasteiger partial charge < -0.3 is 14.7 Å². The summed E-state index contributed by atoms with van der Waals surface area (Å²) in [6.07, 6.45) is 1.61. The third kappa shape index (κ3) is 3.88. The van der Waals surface area contributed by atoms with Gasteiger partial charge in [-0.15, -0.1) is 0 Å². The lowest BCUT2D eigenvalue weighted by molar-refractivity contribution is 0.180. The van der Waals surface area contributed by atoms with Gasteiger partial charge in [-0.1, -0.05) is 47.1 Å². The van der Waals surface area contributed by atoms with Gasteiger partial charge in [0, 0.05) is 18.7 Å². The third-order valence-electron chi connectivity index (χ3n) is 4.89. The number of nitrogens with one attached hydrogen (secondary N) is 1. The molecule has 1 atom stereocenters. The first-order valence-corrected chi connectivity index (χ1v) is 9.30. The van der Waals surface area contributed by atoms with E-state index >= 15 is 0 Å². The maximum atomic E-state index is 13.4. The lowest BCUT2D eigenvalue weighted by Crippen LogP contribution is -2.39. The van der Waals surface area contributed by atoms with Crippen LogP contribution in [0, 0.1) is 12.7 Å². The molecule has 1 N–H and O–H groups in total. The topological polar surface area (TPSA) is 71.3 Å². The first-order chi connectivity index (χ1) is 13.6. The molecule has 2 heterocycles. The van der Waals surface area contributed by atoms with Crippen LogP contribution in [0.5, 0.6) is 0 Å². The van der Waals surface area contributed by atoms with Gasteiger partial charge in [-0.3, -0.25) is 0 Å². The number of carbonyl (C=O) groups is 1. The smallest absolute Gasteiger partial charge is 0.318 e. The van der Waals surface area contributed by atoms with Crippen LogP contribution in [-0.4, -0.2) is 27.6 Å². The number of benzene rings is 2. The van der Waals surface area contributed by atoms with Crippen molar-refractivity contribution in [3.05, 3.63) is 71.4 Å². The summed E-state index contributed by atoms with van der Waals surface area (Å²) in [5, 5.41) is 6.91. The van der Waals surface area contributed by atoms with Crippen molar-refractivity contribution in [3.63, 3.8) is 0 Å². The van der Waals surface area contributed by atoms with Crippen molar-refractivity contribution in [2.45, 2.75) is 32.4 Å². The number of hydrogen-bond acceptors (Lipinski definition) is 4. The van der Waals surface area contributed by atoms with Crippen LogP contribution in [0.1, 0.15) is 35.9 Å². The standard InChI is InChI=1S/C21H21FN4O2/c1-14-7-9-15(10-8-14)13-23-21(27)26-11-3-6-18(26)20-24-19(25-28-20)16-4-2-5-17(22)12-16/h2,4-5,7-10,12,18H,3,6,11,13H2,1H3,(H,23,27)/t18-/m0/s1. The van der Waals surface area contributed by atoms with Crippen LogP contribution in [0.3, 0.4) is 0 Å². The fourth-order valence-electron chi connectivity index (χ4n) is 3.37. The highest BCUT2D eigenvalue weighted by atomic mass is 19.1. The summed E-state index contributed by atoms with van der Waals surface area (Å²) in [7, 11) is 0. The van der Waals surface area contributed by atoms with Crippen LogP contribution in [0.4, 0.5) is 9.18 Å². The van der Waals surface area contributed by atoms with Crippen LogP contribution in [0.2, 0.25) is 0 Å². The quantitative estimate of drug-likeness (QED) is 0.735. The first kappa shape index (κ1) is 18.2. The number of hydrogen-bond donors (Lipinski definition) is 1. The molecule has 1 aliphatic rings. The van der Waals surface area contributed by atoms with E-state index in [-0.39, 0.29) is 17.9 Å². The average Bonchev–Trinajstić information content (AvgIpc) is 3.36. The minimum Gasteiger partial charge on any atom is -0.337 e. The Balaban J connectivity index is 1.44. The molecule has 3 aromatic rings. The van der Waals surface area contributed by atoms with Crippen molar-refractivity contribution in [2.24, 2.45) is 0 Å². The zero-order valence-electron chi connectivity index (χ0n) is 15.6. The largest absolute Gasteiger partial charge is 0.337 e. The number of halogens is 1. The molecule has 0 radical (unpaired) electrons. The molecule has 0 aliphatic carbocycles. The van der Waals surface area contributed by atoms with Gasteiger partial charge in [-0.25, -0.2) is 9.18 Å². The number of urea groups is 1. The number of nitrogens with zero attached hydrogens (tertiary/aromatic N) is 3. The minimum atomic E-state index is -0.359. The summed E-state index contributed by atoms with van der Waals surface area (Å²) in [5.41, 5.74) is 2.77. The second-order valence-electron chi connectivity index (χ2n) is 6.96. The van der Waals surface area contributed by atoms with Crippen molar-refractivity contribution >= 4 is 6.03 Å². The van der Waals surface area contributed by atoms with E-state index in [1.54, 1.807) is 17.0 Å². The van der Waals surface area contributed by atoms with Gasteiger partial charge in [0.05, 0.1) is 0 Å². The molecule has 0 unspecified atom stereocenters. The molecule has 0 bridgehead atoms. The summed E-state index contributed by atoms with van der Waals surface area (Å²) in [5.74, 6) is 0.338. The molecule has 1 saturated heterocycles. The molecule has 0 saturated carbocycles. The van der Waals surface area contributed by atoms with Crippen molar-refractivity contribution in [3.8, 4) is 11.4 Å². The number of aryl methyl sites for hydroxylation is 1. The number of amides is 2. The maximum absolute atomic E-state index is 13.4. The molecule has 1 aliphatic heterocycles. The van der Waals surface area contributed by atoms with E-state index in [4.69, 9.17) is 4.52 Å². The number of aromatic nitrogens is 2. The van der Waals surface area contributed by atoms with E-state index in [0.717, 1.165) is 18.4 Å². The summed E-state index contributed by atoms with van der Waals surface area (Å²) >= 11 is 0. The molecule has 7 heteroatoms. The highest BCUT2D eigenvalue weighted by Gasteiger charge is 2.34. The Morgan fingerprint density at radius 1 is 1.29 bits per heavy atom.